The van der Waals surface area contributed by atoms with Gasteiger partial charge in [-0.15, -0.1) is 0 Å². The van der Waals surface area contributed by atoms with Gasteiger partial charge >= 0.3 is 0 Å². The summed E-state index contributed by atoms with van der Waals surface area (Å²) in [7, 11) is 2.43. The van der Waals surface area contributed by atoms with Gasteiger partial charge < -0.3 is 14.8 Å². The monoisotopic (exact) mass is 730 g/mol. The number of aryl methyl sites for hydroxylation is 2. The second-order valence-corrected chi connectivity index (χ2v) is 16.2. The average Bonchev–Trinajstić information content (AvgIpc) is 3.70. The number of para-hydroxylation sites is 4. The first kappa shape index (κ1) is 33.6. The largest absolute Gasteiger partial charge is 0.355 e. The summed E-state index contributed by atoms with van der Waals surface area (Å²) in [5.41, 5.74) is 21.5. The zero-order chi connectivity index (χ0) is 38.4. The van der Waals surface area contributed by atoms with Crippen molar-refractivity contribution < 1.29 is 0 Å². The molecule has 0 atom stereocenters. The number of rotatable bonds is 6. The summed E-state index contributed by atoms with van der Waals surface area (Å²) in [4.78, 5) is 2.40. The molecule has 0 saturated heterocycles. The molecule has 3 nitrogen and oxygen atoms in total. The van der Waals surface area contributed by atoms with E-state index in [0.29, 0.717) is 0 Å². The first-order valence-corrected chi connectivity index (χ1v) is 19.9. The SMILES string of the molecule is Cc1ccc(Nc2c(-c3cc(N(c4ccccc4)c4ccccc4)cc4c3[B]c3cccc5c6ccccc6n-4c35)ccc3c2C(C)(C)c2ccccc2-3)c(C)c1. The summed E-state index contributed by atoms with van der Waals surface area (Å²) >= 11 is 0. The molecule has 11 rings (SSSR count). The van der Waals surface area contributed by atoms with E-state index in [4.69, 9.17) is 0 Å². The van der Waals surface area contributed by atoms with E-state index in [1.807, 2.05) is 0 Å². The lowest BCUT2D eigenvalue weighted by Gasteiger charge is -2.31. The van der Waals surface area contributed by atoms with Crippen molar-refractivity contribution in [1.82, 2.24) is 4.57 Å². The molecule has 1 N–H and O–H groups in total. The fraction of sp³-hybridized carbons (Fsp3) is 0.0943. The van der Waals surface area contributed by atoms with Crippen molar-refractivity contribution in [3.63, 3.8) is 0 Å². The van der Waals surface area contributed by atoms with E-state index in [9.17, 15) is 0 Å². The Balaban J connectivity index is 1.26. The molecule has 0 unspecified atom stereocenters. The first-order chi connectivity index (χ1) is 27.9. The highest BCUT2D eigenvalue weighted by Crippen LogP contribution is 2.55. The number of nitrogens with one attached hydrogen (secondary N) is 1. The number of hydrogen-bond donors (Lipinski definition) is 1. The lowest BCUT2D eigenvalue weighted by atomic mass is 9.59. The molecule has 1 aliphatic carbocycles. The fourth-order valence-corrected chi connectivity index (χ4v) is 9.80. The Labute approximate surface area is 335 Å². The Kier molecular flexibility index (Phi) is 7.43. The molecule has 1 aromatic heterocycles. The zero-order valence-electron chi connectivity index (χ0n) is 32.6. The predicted octanol–water partition coefficient (Wildman–Crippen LogP) is 12.6. The van der Waals surface area contributed by atoms with Crippen LogP contribution in [0.1, 0.15) is 36.1 Å². The molecule has 271 valence electrons. The molecule has 1 radical (unpaired) electrons. The number of nitrogens with zero attached hydrogens (tertiary/aromatic N) is 2. The van der Waals surface area contributed by atoms with E-state index < -0.39 is 0 Å². The van der Waals surface area contributed by atoms with Crippen molar-refractivity contribution in [3.8, 4) is 27.9 Å². The van der Waals surface area contributed by atoms with E-state index >= 15 is 0 Å². The van der Waals surface area contributed by atoms with Gasteiger partial charge in [0.25, 0.3) is 0 Å². The van der Waals surface area contributed by atoms with Crippen molar-refractivity contribution in [1.29, 1.82) is 0 Å². The maximum absolute atomic E-state index is 4.11. The predicted molar refractivity (Wildman–Crippen MR) is 243 cm³/mol. The Morgan fingerprint density at radius 1 is 0.561 bits per heavy atom. The van der Waals surface area contributed by atoms with Crippen LogP contribution in [0, 0.1) is 13.8 Å². The molecule has 9 aromatic rings. The molecule has 0 bridgehead atoms. The summed E-state index contributed by atoms with van der Waals surface area (Å²) in [5, 5.41) is 6.64. The molecule has 0 saturated carbocycles. The number of aromatic nitrogens is 1. The van der Waals surface area contributed by atoms with Crippen molar-refractivity contribution in [3.05, 3.63) is 192 Å². The molecule has 2 heterocycles. The van der Waals surface area contributed by atoms with Gasteiger partial charge in [0.05, 0.1) is 11.2 Å². The minimum Gasteiger partial charge on any atom is -0.355 e. The molecule has 57 heavy (non-hydrogen) atoms. The number of fused-ring (bicyclic) bond motifs is 8. The van der Waals surface area contributed by atoms with Crippen LogP contribution in [0.5, 0.6) is 0 Å². The average molecular weight is 731 g/mol. The third-order valence-corrected chi connectivity index (χ3v) is 12.3. The van der Waals surface area contributed by atoms with E-state index in [1.54, 1.807) is 0 Å². The van der Waals surface area contributed by atoms with E-state index in [1.165, 1.54) is 82.9 Å². The van der Waals surface area contributed by atoms with Crippen LogP contribution in [0.4, 0.5) is 28.4 Å². The van der Waals surface area contributed by atoms with Crippen LogP contribution < -0.4 is 21.1 Å². The fourth-order valence-electron chi connectivity index (χ4n) is 9.80. The van der Waals surface area contributed by atoms with Crippen molar-refractivity contribution in [2.45, 2.75) is 33.1 Å². The standard InChI is InChI=1S/C53H41BN3/c1-33-26-29-46(34(2)30-33)55-51-41(28-27-40-38-20-11-13-23-44(38)53(3,4)49(40)51)43-31-37(56(35-16-7-5-8-17-35)36-18-9-6-10-19-36)32-48-50(43)54-45-24-15-22-42-39-21-12-14-25-47(39)57(48)52(42)45/h5-32,55H,1-4H3. The van der Waals surface area contributed by atoms with Gasteiger partial charge in [0, 0.05) is 55.7 Å². The smallest absolute Gasteiger partial charge is 0.197 e. The van der Waals surface area contributed by atoms with Crippen LogP contribution >= 0.6 is 0 Å². The minimum absolute atomic E-state index is 0.236. The molecular formula is C53H41BN3. The zero-order valence-corrected chi connectivity index (χ0v) is 32.6. The van der Waals surface area contributed by atoms with Gasteiger partial charge in [-0.25, -0.2) is 0 Å². The highest BCUT2D eigenvalue weighted by Gasteiger charge is 2.39. The third-order valence-electron chi connectivity index (χ3n) is 12.3. The molecule has 1 aliphatic heterocycles. The highest BCUT2D eigenvalue weighted by atomic mass is 15.1. The van der Waals surface area contributed by atoms with Gasteiger partial charge in [-0.2, -0.15) is 0 Å². The second-order valence-electron chi connectivity index (χ2n) is 16.2. The molecule has 0 amide bonds. The van der Waals surface area contributed by atoms with Gasteiger partial charge in [0.2, 0.25) is 0 Å². The quantitative estimate of drug-likeness (QED) is 0.172. The van der Waals surface area contributed by atoms with Gasteiger partial charge in [-0.1, -0.05) is 146 Å². The van der Waals surface area contributed by atoms with Gasteiger partial charge in [0.1, 0.15) is 0 Å². The molecule has 0 fully saturated rings. The molecule has 0 spiro atoms. The summed E-state index contributed by atoms with van der Waals surface area (Å²) in [6.45, 7) is 9.16. The van der Waals surface area contributed by atoms with Crippen LogP contribution in [0.25, 0.3) is 49.7 Å². The van der Waals surface area contributed by atoms with Crippen molar-refractivity contribution in [2.75, 3.05) is 10.2 Å². The van der Waals surface area contributed by atoms with Crippen LogP contribution in [0.3, 0.4) is 0 Å². The minimum atomic E-state index is -0.236. The Hall–Kier alpha value is -6.78. The van der Waals surface area contributed by atoms with E-state index in [2.05, 4.69) is 220 Å². The van der Waals surface area contributed by atoms with E-state index in [0.717, 1.165) is 28.4 Å². The van der Waals surface area contributed by atoms with Crippen LogP contribution in [-0.2, 0) is 5.41 Å². The van der Waals surface area contributed by atoms with Crippen LogP contribution in [0.2, 0.25) is 0 Å². The highest BCUT2D eigenvalue weighted by molar-refractivity contribution is 6.73. The van der Waals surface area contributed by atoms with Gasteiger partial charge in [-0.05, 0) is 101 Å². The molecule has 8 aromatic carbocycles. The van der Waals surface area contributed by atoms with Crippen molar-refractivity contribution in [2.24, 2.45) is 0 Å². The summed E-state index contributed by atoms with van der Waals surface area (Å²) in [6.07, 6.45) is 0. The first-order valence-electron chi connectivity index (χ1n) is 19.9. The topological polar surface area (TPSA) is 20.2 Å². The van der Waals surface area contributed by atoms with Gasteiger partial charge in [0.15, 0.2) is 7.28 Å². The Bertz CT molecular complexity index is 3030. The van der Waals surface area contributed by atoms with Crippen molar-refractivity contribution >= 4 is 68.4 Å². The molecule has 4 heteroatoms. The lowest BCUT2D eigenvalue weighted by Crippen LogP contribution is -2.37. The van der Waals surface area contributed by atoms with Gasteiger partial charge in [-0.3, -0.25) is 0 Å². The van der Waals surface area contributed by atoms with Crippen LogP contribution in [0.15, 0.2) is 170 Å². The lowest BCUT2D eigenvalue weighted by molar-refractivity contribution is 0.662. The maximum Gasteiger partial charge on any atom is 0.197 e. The van der Waals surface area contributed by atoms with Crippen LogP contribution in [-0.4, -0.2) is 11.8 Å². The summed E-state index contributed by atoms with van der Waals surface area (Å²) in [6, 6.07) is 62.4. The Morgan fingerprint density at radius 2 is 1.25 bits per heavy atom. The number of hydrogen-bond acceptors (Lipinski definition) is 2. The normalized spacial score (nSPS) is 13.2. The summed E-state index contributed by atoms with van der Waals surface area (Å²) < 4.78 is 2.51. The van der Waals surface area contributed by atoms with E-state index in [-0.39, 0.29) is 5.41 Å². The second kappa shape index (κ2) is 12.6. The third kappa shape index (κ3) is 5.06. The maximum atomic E-state index is 4.11. The Morgan fingerprint density at radius 3 is 2.02 bits per heavy atom. The summed E-state index contributed by atoms with van der Waals surface area (Å²) in [5.74, 6) is 0. The number of benzene rings is 8. The molecule has 2 aliphatic rings. The molecular weight excluding hydrogens is 689 g/mol. The number of anilines is 5.